The van der Waals surface area contributed by atoms with E-state index < -0.39 is 0 Å². The summed E-state index contributed by atoms with van der Waals surface area (Å²) in [6, 6.07) is 22.2. The average Bonchev–Trinajstić information content (AvgIpc) is 3.50. The van der Waals surface area contributed by atoms with Gasteiger partial charge in [-0.1, -0.05) is 22.0 Å². The highest BCUT2D eigenvalue weighted by Gasteiger charge is 2.42. The van der Waals surface area contributed by atoms with Crippen molar-refractivity contribution in [3.63, 3.8) is 0 Å². The third-order valence-electron chi connectivity index (χ3n) is 5.28. The van der Waals surface area contributed by atoms with Crippen molar-refractivity contribution in [1.82, 2.24) is 14.9 Å². The molecular formula is C23H19BrN4OS. The summed E-state index contributed by atoms with van der Waals surface area (Å²) in [5.74, 6) is 0.908. The lowest BCUT2D eigenvalue weighted by Gasteiger charge is -2.29. The molecule has 150 valence electrons. The van der Waals surface area contributed by atoms with Crippen molar-refractivity contribution in [2.45, 2.75) is 18.6 Å². The SMILES string of the molecule is S=C1NC(c2ccccn2)C(c2cccn2Cc2ccco2)N1c1ccc(Br)cc1. The molecule has 1 aromatic carbocycles. The molecule has 1 aliphatic heterocycles. The van der Waals surface area contributed by atoms with E-state index in [9.17, 15) is 0 Å². The fourth-order valence-corrected chi connectivity index (χ4v) is 4.56. The molecule has 7 heteroatoms. The number of thiocarbonyl (C=S) groups is 1. The zero-order chi connectivity index (χ0) is 20.5. The molecule has 0 radical (unpaired) electrons. The molecule has 4 heterocycles. The van der Waals surface area contributed by atoms with E-state index in [-0.39, 0.29) is 12.1 Å². The molecule has 1 saturated heterocycles. The lowest BCUT2D eigenvalue weighted by molar-refractivity contribution is 0.475. The van der Waals surface area contributed by atoms with Crippen LogP contribution in [0.5, 0.6) is 0 Å². The van der Waals surface area contributed by atoms with Crippen LogP contribution < -0.4 is 10.2 Å². The summed E-state index contributed by atoms with van der Waals surface area (Å²) in [5, 5.41) is 4.19. The minimum atomic E-state index is -0.0763. The first-order valence-electron chi connectivity index (χ1n) is 9.64. The van der Waals surface area contributed by atoms with E-state index in [1.54, 1.807) is 6.26 Å². The summed E-state index contributed by atoms with van der Waals surface area (Å²) in [7, 11) is 0. The maximum Gasteiger partial charge on any atom is 0.174 e. The number of pyridine rings is 1. The van der Waals surface area contributed by atoms with Crippen molar-refractivity contribution in [2.24, 2.45) is 0 Å². The zero-order valence-corrected chi connectivity index (χ0v) is 18.4. The number of hydrogen-bond acceptors (Lipinski definition) is 3. The molecule has 1 fully saturated rings. The molecule has 1 N–H and O–H groups in total. The van der Waals surface area contributed by atoms with Crippen molar-refractivity contribution in [3.05, 3.63) is 107 Å². The normalized spacial score (nSPS) is 18.6. The van der Waals surface area contributed by atoms with E-state index in [0.29, 0.717) is 11.7 Å². The van der Waals surface area contributed by atoms with E-state index >= 15 is 0 Å². The van der Waals surface area contributed by atoms with Gasteiger partial charge in [0.25, 0.3) is 0 Å². The van der Waals surface area contributed by atoms with E-state index in [0.717, 1.165) is 27.3 Å². The quantitative estimate of drug-likeness (QED) is 0.385. The van der Waals surface area contributed by atoms with Crippen molar-refractivity contribution < 1.29 is 4.42 Å². The molecule has 30 heavy (non-hydrogen) atoms. The minimum absolute atomic E-state index is 0.0569. The number of hydrogen-bond donors (Lipinski definition) is 1. The maximum atomic E-state index is 5.79. The first kappa shape index (κ1) is 19.1. The molecule has 0 aliphatic carbocycles. The van der Waals surface area contributed by atoms with Crippen molar-refractivity contribution in [2.75, 3.05) is 4.90 Å². The van der Waals surface area contributed by atoms with Gasteiger partial charge in [0, 0.05) is 28.2 Å². The van der Waals surface area contributed by atoms with Crippen LogP contribution in [0, 0.1) is 0 Å². The summed E-state index contributed by atoms with van der Waals surface area (Å²) in [4.78, 5) is 6.79. The Kier molecular flexibility index (Phi) is 5.14. The molecule has 2 atom stereocenters. The van der Waals surface area contributed by atoms with Gasteiger partial charge in [-0.15, -0.1) is 0 Å². The second kappa shape index (κ2) is 8.08. The van der Waals surface area contributed by atoms with Gasteiger partial charge < -0.3 is 19.2 Å². The van der Waals surface area contributed by atoms with Crippen LogP contribution in [-0.2, 0) is 6.54 Å². The Hall–Kier alpha value is -2.90. The van der Waals surface area contributed by atoms with Gasteiger partial charge in [-0.05, 0) is 72.9 Å². The maximum absolute atomic E-state index is 5.79. The Morgan fingerprint density at radius 3 is 2.63 bits per heavy atom. The topological polar surface area (TPSA) is 46.2 Å². The number of nitrogens with one attached hydrogen (secondary N) is 1. The molecule has 0 spiro atoms. The third-order valence-corrected chi connectivity index (χ3v) is 6.12. The second-order valence-corrected chi connectivity index (χ2v) is 8.42. The largest absolute Gasteiger partial charge is 0.467 e. The Morgan fingerprint density at radius 2 is 1.90 bits per heavy atom. The monoisotopic (exact) mass is 478 g/mol. The van der Waals surface area contributed by atoms with Crippen LogP contribution in [-0.4, -0.2) is 14.7 Å². The van der Waals surface area contributed by atoms with Crippen molar-refractivity contribution in [1.29, 1.82) is 0 Å². The molecule has 2 unspecified atom stereocenters. The molecule has 5 rings (SSSR count). The summed E-state index contributed by atoms with van der Waals surface area (Å²) in [6.45, 7) is 0.654. The number of rotatable bonds is 5. The average molecular weight is 479 g/mol. The van der Waals surface area contributed by atoms with Crippen LogP contribution in [0.4, 0.5) is 5.69 Å². The van der Waals surface area contributed by atoms with Gasteiger partial charge in [0.1, 0.15) is 11.8 Å². The van der Waals surface area contributed by atoms with Gasteiger partial charge in [-0.3, -0.25) is 4.98 Å². The number of halogens is 1. The summed E-state index contributed by atoms with van der Waals surface area (Å²) < 4.78 is 8.83. The highest BCUT2D eigenvalue weighted by atomic mass is 79.9. The summed E-state index contributed by atoms with van der Waals surface area (Å²) in [5.41, 5.74) is 3.12. The predicted molar refractivity (Wildman–Crippen MR) is 124 cm³/mol. The van der Waals surface area contributed by atoms with Crippen LogP contribution in [0.25, 0.3) is 0 Å². The van der Waals surface area contributed by atoms with Crippen LogP contribution in [0.2, 0.25) is 0 Å². The molecule has 3 aromatic heterocycles. The molecule has 0 bridgehead atoms. The standard InChI is InChI=1S/C23H19BrN4OS/c24-16-8-10-17(11-9-16)28-22(21(26-23(28)30)19-6-1-2-12-25-19)20-7-3-13-27(20)15-18-5-4-14-29-18/h1-14,21-22H,15H2,(H,26,30). The first-order valence-corrected chi connectivity index (χ1v) is 10.8. The molecule has 5 nitrogen and oxygen atoms in total. The molecule has 4 aromatic rings. The number of benzene rings is 1. The fraction of sp³-hybridized carbons (Fsp3) is 0.130. The number of furan rings is 1. The van der Waals surface area contributed by atoms with Gasteiger partial charge in [0.15, 0.2) is 5.11 Å². The van der Waals surface area contributed by atoms with Gasteiger partial charge in [0.05, 0.1) is 24.5 Å². The number of aromatic nitrogens is 2. The van der Waals surface area contributed by atoms with Crippen molar-refractivity contribution in [3.8, 4) is 0 Å². The lowest BCUT2D eigenvalue weighted by atomic mass is 10.0. The Morgan fingerprint density at radius 1 is 1.03 bits per heavy atom. The van der Waals surface area contributed by atoms with Gasteiger partial charge in [0.2, 0.25) is 0 Å². The lowest BCUT2D eigenvalue weighted by Crippen LogP contribution is -2.30. The minimum Gasteiger partial charge on any atom is -0.467 e. The van der Waals surface area contributed by atoms with Crippen LogP contribution in [0.1, 0.15) is 29.2 Å². The third kappa shape index (κ3) is 3.55. The van der Waals surface area contributed by atoms with E-state index in [4.69, 9.17) is 16.6 Å². The highest BCUT2D eigenvalue weighted by Crippen LogP contribution is 2.41. The number of anilines is 1. The molecule has 0 amide bonds. The van der Waals surface area contributed by atoms with Gasteiger partial charge in [-0.2, -0.15) is 0 Å². The highest BCUT2D eigenvalue weighted by molar-refractivity contribution is 9.10. The summed E-state index contributed by atoms with van der Waals surface area (Å²) in [6.07, 6.45) is 5.60. The summed E-state index contributed by atoms with van der Waals surface area (Å²) >= 11 is 9.32. The van der Waals surface area contributed by atoms with Gasteiger partial charge >= 0.3 is 0 Å². The molecular weight excluding hydrogens is 460 g/mol. The smallest absolute Gasteiger partial charge is 0.174 e. The molecule has 1 aliphatic rings. The van der Waals surface area contributed by atoms with Crippen molar-refractivity contribution >= 4 is 38.9 Å². The zero-order valence-electron chi connectivity index (χ0n) is 16.0. The van der Waals surface area contributed by atoms with E-state index in [1.807, 2.05) is 48.7 Å². The van der Waals surface area contributed by atoms with E-state index in [2.05, 4.69) is 66.2 Å². The van der Waals surface area contributed by atoms with Gasteiger partial charge in [-0.25, -0.2) is 0 Å². The predicted octanol–water partition coefficient (Wildman–Crippen LogP) is 5.46. The van der Waals surface area contributed by atoms with E-state index in [1.165, 1.54) is 0 Å². The first-order chi connectivity index (χ1) is 14.7. The Bertz CT molecular complexity index is 1140. The Labute approximate surface area is 188 Å². The second-order valence-electron chi connectivity index (χ2n) is 7.11. The van der Waals surface area contributed by atoms with Crippen LogP contribution in [0.3, 0.4) is 0 Å². The fourth-order valence-electron chi connectivity index (χ4n) is 3.95. The number of nitrogens with zero attached hydrogens (tertiary/aromatic N) is 3. The van der Waals surface area contributed by atoms with Crippen LogP contribution in [0.15, 0.2) is 94.3 Å². The Balaban J connectivity index is 1.60. The van der Waals surface area contributed by atoms with Crippen LogP contribution >= 0.6 is 28.1 Å². The molecule has 0 saturated carbocycles.